The summed E-state index contributed by atoms with van der Waals surface area (Å²) in [5.74, 6) is -0.779. The second kappa shape index (κ2) is 18.6. The smallest absolute Gasteiger partial charge is 0.209 e. The molecule has 5 rings (SSSR count). The van der Waals surface area contributed by atoms with E-state index in [2.05, 4.69) is 85.7 Å². The number of hydrogen-bond acceptors (Lipinski definition) is 5. The number of anilines is 2. The summed E-state index contributed by atoms with van der Waals surface area (Å²) in [4.78, 5) is 15.8. The Hall–Kier alpha value is -4.84. The molecule has 0 saturated heterocycles. The van der Waals surface area contributed by atoms with Gasteiger partial charge in [0.05, 0.1) is 17.2 Å². The van der Waals surface area contributed by atoms with Crippen molar-refractivity contribution in [1.82, 2.24) is 0 Å². The summed E-state index contributed by atoms with van der Waals surface area (Å²) in [5.41, 5.74) is 6.75. The molecule has 0 aromatic heterocycles. The number of ketones is 1. The van der Waals surface area contributed by atoms with Crippen molar-refractivity contribution in [2.75, 3.05) is 18.0 Å². The lowest BCUT2D eigenvalue weighted by molar-refractivity contribution is -0.439. The zero-order valence-electron chi connectivity index (χ0n) is 31.6. The molecule has 0 amide bonds. The van der Waals surface area contributed by atoms with Crippen molar-refractivity contribution in [3.8, 4) is 5.75 Å². The molecule has 0 saturated carbocycles. The van der Waals surface area contributed by atoms with Crippen LogP contribution in [-0.2, 0) is 4.79 Å². The minimum absolute atomic E-state index is 0.0599. The molecule has 2 aliphatic carbocycles. The number of hydrogen-bond donors (Lipinski definition) is 3. The van der Waals surface area contributed by atoms with Gasteiger partial charge in [-0.1, -0.05) is 107 Å². The van der Waals surface area contributed by atoms with Crippen molar-refractivity contribution in [2.45, 2.75) is 105 Å². The van der Waals surface area contributed by atoms with Crippen LogP contribution in [0, 0.1) is 13.8 Å². The number of phenols is 1. The molecule has 0 unspecified atom stereocenters. The normalized spacial score (nSPS) is 16.6. The van der Waals surface area contributed by atoms with Gasteiger partial charge in [-0.05, 0) is 57.0 Å². The van der Waals surface area contributed by atoms with Gasteiger partial charge in [0.15, 0.2) is 0 Å². The van der Waals surface area contributed by atoms with Crippen molar-refractivity contribution in [2.24, 2.45) is 0 Å². The van der Waals surface area contributed by atoms with E-state index in [9.17, 15) is 20.1 Å². The second-order valence-electron chi connectivity index (χ2n) is 14.3. The predicted octanol–water partition coefficient (Wildman–Crippen LogP) is 11.8. The number of carbonyl (C=O) groups is 1. The summed E-state index contributed by atoms with van der Waals surface area (Å²) >= 11 is 0. The highest BCUT2D eigenvalue weighted by Gasteiger charge is 2.39. The zero-order valence-corrected chi connectivity index (χ0v) is 31.6. The van der Waals surface area contributed by atoms with E-state index in [4.69, 9.17) is 0 Å². The standard InChI is InChI=1S/C46H56N2O4/c1-5-7-9-11-13-15-29-47(35-21-17-33(3)18-22-35)37-25-27-39(41(49)31-37)43-45(51)44(46(43)52)40-28-26-38(32-42(40)50)48(30-16-14-12-10-8-6-2)36-23-19-34(4)20-24-36/h17-28,31-32H,5-16,29-30H2,1-4H3,(H2,49,50,51,52)/p+1. The fourth-order valence-corrected chi connectivity index (χ4v) is 7.07. The summed E-state index contributed by atoms with van der Waals surface area (Å²) in [7, 11) is 0. The molecule has 274 valence electrons. The average molecular weight is 702 g/mol. The molecule has 0 radical (unpaired) electrons. The number of aliphatic hydroxyl groups is 2. The van der Waals surface area contributed by atoms with Crippen LogP contribution in [0.2, 0.25) is 0 Å². The van der Waals surface area contributed by atoms with Gasteiger partial charge < -0.3 is 20.2 Å². The van der Waals surface area contributed by atoms with Gasteiger partial charge in [-0.25, -0.2) is 0 Å². The summed E-state index contributed by atoms with van der Waals surface area (Å²) in [6.45, 7) is 10.2. The van der Waals surface area contributed by atoms with Crippen LogP contribution in [0.3, 0.4) is 0 Å². The topological polar surface area (TPSA) is 84.0 Å². The molecule has 3 N–H and O–H groups in total. The average Bonchev–Trinajstić information content (AvgIpc) is 3.14. The molecule has 3 aromatic rings. The largest absolute Gasteiger partial charge is 0.507 e. The van der Waals surface area contributed by atoms with E-state index in [0.29, 0.717) is 0 Å². The van der Waals surface area contributed by atoms with Crippen LogP contribution >= 0.6 is 0 Å². The number of nitrogens with zero attached hydrogens (tertiary/aromatic N) is 2. The lowest BCUT2D eigenvalue weighted by Crippen LogP contribution is -2.25. The van der Waals surface area contributed by atoms with Gasteiger partial charge in [0.25, 0.3) is 0 Å². The molecule has 6 nitrogen and oxygen atoms in total. The van der Waals surface area contributed by atoms with Crippen LogP contribution in [0.4, 0.5) is 17.1 Å². The molecule has 0 bridgehead atoms. The maximum Gasteiger partial charge on any atom is 0.209 e. The zero-order chi connectivity index (χ0) is 37.0. The number of aliphatic hydroxyl groups excluding tert-OH is 2. The van der Waals surface area contributed by atoms with E-state index in [-0.39, 0.29) is 39.6 Å². The molecule has 6 heteroatoms. The van der Waals surface area contributed by atoms with Gasteiger partial charge in [0, 0.05) is 59.8 Å². The summed E-state index contributed by atoms with van der Waals surface area (Å²) in [5, 5.41) is 33.7. The quantitative estimate of drug-likeness (QED) is 0.0698. The Morgan fingerprint density at radius 3 is 1.81 bits per heavy atom. The first-order valence-electron chi connectivity index (χ1n) is 19.4. The molecule has 0 fully saturated rings. The number of carbonyl (C=O) groups excluding carboxylic acids is 1. The van der Waals surface area contributed by atoms with E-state index >= 15 is 0 Å². The summed E-state index contributed by atoms with van der Waals surface area (Å²) in [6.07, 6.45) is 19.4. The van der Waals surface area contributed by atoms with E-state index < -0.39 is 5.78 Å². The fraction of sp³-hybridized carbons (Fsp3) is 0.391. The Labute approximate surface area is 310 Å². The van der Waals surface area contributed by atoms with E-state index in [1.165, 1.54) is 62.5 Å². The number of rotatable bonds is 18. The first-order valence-corrected chi connectivity index (χ1v) is 19.4. The Bertz CT molecular complexity index is 1860. The number of phenolic OH excluding ortho intramolecular Hbond substituents is 1. The maximum absolute atomic E-state index is 13.6. The number of Topliss-reactive ketones (excluding diaryl/α,β-unsaturated/α-hetero) is 1. The number of unbranched alkanes of at least 4 members (excludes halogenated alkanes) is 10. The molecule has 0 spiro atoms. The van der Waals surface area contributed by atoms with Crippen LogP contribution in [0.5, 0.6) is 5.75 Å². The van der Waals surface area contributed by atoms with Crippen LogP contribution in [0.15, 0.2) is 108 Å². The Morgan fingerprint density at radius 2 is 1.21 bits per heavy atom. The van der Waals surface area contributed by atoms with Crippen LogP contribution in [-0.4, -0.2) is 44.5 Å². The van der Waals surface area contributed by atoms with Crippen LogP contribution in [0.25, 0.3) is 5.57 Å². The third-order valence-corrected chi connectivity index (χ3v) is 10.2. The van der Waals surface area contributed by atoms with Crippen molar-refractivity contribution in [1.29, 1.82) is 0 Å². The van der Waals surface area contributed by atoms with Crippen molar-refractivity contribution in [3.05, 3.63) is 124 Å². The molecule has 3 aromatic carbocycles. The first kappa shape index (κ1) is 38.4. The highest BCUT2D eigenvalue weighted by atomic mass is 16.3. The number of allylic oxidation sites excluding steroid dienone is 5. The monoisotopic (exact) mass is 701 g/mol. The SMILES string of the molecule is CCCCCCCCN(c1ccc(C)cc1)c1ccc(C2=C(O)C(=C3C=CC(=[N+](CCCCCCCC)c4ccc(C)cc4)C=C3O)C2=O)c(O)c1. The number of benzene rings is 3. The Balaban J connectivity index is 1.38. The molecule has 2 aliphatic rings. The minimum atomic E-state index is -0.409. The first-order chi connectivity index (χ1) is 25.2. The van der Waals surface area contributed by atoms with Gasteiger partial charge in [0.2, 0.25) is 17.2 Å². The molecular weight excluding hydrogens is 645 g/mol. The van der Waals surface area contributed by atoms with E-state index in [0.717, 1.165) is 61.5 Å². The lowest BCUT2D eigenvalue weighted by Gasteiger charge is -2.28. The molecule has 0 heterocycles. The third-order valence-electron chi connectivity index (χ3n) is 10.2. The van der Waals surface area contributed by atoms with Gasteiger partial charge in [0.1, 0.15) is 23.8 Å². The predicted molar refractivity (Wildman–Crippen MR) is 215 cm³/mol. The second-order valence-corrected chi connectivity index (χ2v) is 14.3. The highest BCUT2D eigenvalue weighted by molar-refractivity contribution is 6.40. The van der Waals surface area contributed by atoms with Gasteiger partial charge in [-0.3, -0.25) is 4.79 Å². The summed E-state index contributed by atoms with van der Waals surface area (Å²) < 4.78 is 2.20. The van der Waals surface area contributed by atoms with Crippen LogP contribution in [0.1, 0.15) is 108 Å². The molecular formula is C46H57N2O4+. The van der Waals surface area contributed by atoms with Crippen LogP contribution < -0.4 is 4.90 Å². The molecule has 52 heavy (non-hydrogen) atoms. The Kier molecular flexibility index (Phi) is 13.7. The van der Waals surface area contributed by atoms with Crippen molar-refractivity contribution in [3.63, 3.8) is 0 Å². The Morgan fingerprint density at radius 1 is 0.635 bits per heavy atom. The number of aromatic hydroxyl groups is 1. The van der Waals surface area contributed by atoms with Gasteiger partial charge in [-0.2, -0.15) is 4.58 Å². The van der Waals surface area contributed by atoms with Crippen molar-refractivity contribution < 1.29 is 24.7 Å². The maximum atomic E-state index is 13.6. The lowest BCUT2D eigenvalue weighted by atomic mass is 9.79. The summed E-state index contributed by atoms with van der Waals surface area (Å²) in [6, 6.07) is 22.0. The minimum Gasteiger partial charge on any atom is -0.507 e. The van der Waals surface area contributed by atoms with Gasteiger partial charge in [-0.15, -0.1) is 0 Å². The van der Waals surface area contributed by atoms with E-state index in [1.54, 1.807) is 24.3 Å². The fourth-order valence-electron chi connectivity index (χ4n) is 7.07. The number of aryl methyl sites for hydroxylation is 2. The molecule has 0 aliphatic heterocycles. The third kappa shape index (κ3) is 9.33. The van der Waals surface area contributed by atoms with Crippen molar-refractivity contribution >= 4 is 34.1 Å². The molecule has 0 atom stereocenters. The highest BCUT2D eigenvalue weighted by Crippen LogP contribution is 2.44. The van der Waals surface area contributed by atoms with E-state index in [1.807, 2.05) is 12.1 Å². The van der Waals surface area contributed by atoms with Gasteiger partial charge >= 0.3 is 0 Å².